The molecule has 32 heavy (non-hydrogen) atoms. The van der Waals surface area contributed by atoms with Gasteiger partial charge in [-0.25, -0.2) is 8.78 Å². The topological polar surface area (TPSA) is 74.4 Å². The molecule has 2 aliphatic rings. The van der Waals surface area contributed by atoms with E-state index in [1.165, 1.54) is 18.2 Å². The van der Waals surface area contributed by atoms with E-state index in [0.717, 1.165) is 29.6 Å². The first-order valence-electron chi connectivity index (χ1n) is 9.54. The van der Waals surface area contributed by atoms with Crippen molar-refractivity contribution in [2.45, 2.75) is 12.8 Å². The molecule has 2 aliphatic heterocycles. The Morgan fingerprint density at radius 1 is 1.12 bits per heavy atom. The van der Waals surface area contributed by atoms with Crippen LogP contribution < -0.4 is 15.8 Å². The fourth-order valence-electron chi connectivity index (χ4n) is 3.56. The number of hydrogen-bond acceptors (Lipinski definition) is 5. The SMILES string of the molecule is N=CC(C1=CN2C(c3ccc(OC(F)F)cc3)=CNC2C=C1)=C(N)c1c(F)cccc1F. The molecule has 5 nitrogen and oxygen atoms in total. The van der Waals surface area contributed by atoms with Gasteiger partial charge in [0.2, 0.25) is 0 Å². The Kier molecular flexibility index (Phi) is 5.72. The number of nitrogens with one attached hydrogen (secondary N) is 2. The molecule has 2 aromatic carbocycles. The number of alkyl halides is 2. The maximum Gasteiger partial charge on any atom is 0.387 e. The minimum atomic E-state index is -2.91. The normalized spacial score (nSPS) is 17.9. The summed E-state index contributed by atoms with van der Waals surface area (Å²) < 4.78 is 57.6. The monoisotopic (exact) mass is 442 g/mol. The van der Waals surface area contributed by atoms with E-state index < -0.39 is 23.8 Å². The predicted molar refractivity (Wildman–Crippen MR) is 113 cm³/mol. The van der Waals surface area contributed by atoms with Crippen LogP contribution in [0.1, 0.15) is 11.1 Å². The average molecular weight is 442 g/mol. The lowest BCUT2D eigenvalue weighted by Crippen LogP contribution is -2.33. The Bertz CT molecular complexity index is 1150. The second-order valence-electron chi connectivity index (χ2n) is 6.96. The van der Waals surface area contributed by atoms with Gasteiger partial charge in [0.25, 0.3) is 0 Å². The first kappa shape index (κ1) is 21.2. The molecule has 2 aromatic rings. The maximum atomic E-state index is 14.2. The van der Waals surface area contributed by atoms with E-state index in [-0.39, 0.29) is 23.2 Å². The van der Waals surface area contributed by atoms with Gasteiger partial charge in [0.05, 0.1) is 17.0 Å². The number of allylic oxidation sites excluding steroid dienone is 3. The molecule has 164 valence electrons. The third kappa shape index (κ3) is 3.96. The zero-order chi connectivity index (χ0) is 22.8. The Balaban J connectivity index is 1.68. The van der Waals surface area contributed by atoms with Crippen LogP contribution in [0, 0.1) is 17.0 Å². The quantitative estimate of drug-likeness (QED) is 0.453. The summed E-state index contributed by atoms with van der Waals surface area (Å²) in [6.07, 6.45) is 7.68. The van der Waals surface area contributed by atoms with Gasteiger partial charge in [0, 0.05) is 29.8 Å². The molecule has 1 unspecified atom stereocenters. The highest BCUT2D eigenvalue weighted by Crippen LogP contribution is 2.33. The van der Waals surface area contributed by atoms with Gasteiger partial charge < -0.3 is 26.1 Å². The molecule has 0 spiro atoms. The van der Waals surface area contributed by atoms with Gasteiger partial charge in [-0.1, -0.05) is 12.1 Å². The second-order valence-corrected chi connectivity index (χ2v) is 6.96. The molecule has 2 heterocycles. The molecule has 1 atom stereocenters. The van der Waals surface area contributed by atoms with Crippen LogP contribution in [-0.2, 0) is 0 Å². The first-order valence-corrected chi connectivity index (χ1v) is 9.54. The molecule has 0 aliphatic carbocycles. The lowest BCUT2D eigenvalue weighted by atomic mass is 9.98. The number of fused-ring (bicyclic) bond motifs is 1. The molecular weight excluding hydrogens is 424 g/mol. The van der Waals surface area contributed by atoms with E-state index in [2.05, 4.69) is 10.1 Å². The Morgan fingerprint density at radius 3 is 2.44 bits per heavy atom. The number of nitrogens with zero attached hydrogens (tertiary/aromatic N) is 1. The van der Waals surface area contributed by atoms with E-state index in [0.29, 0.717) is 5.57 Å². The minimum absolute atomic E-state index is 0.0374. The van der Waals surface area contributed by atoms with Crippen LogP contribution in [0.2, 0.25) is 0 Å². The zero-order valence-corrected chi connectivity index (χ0v) is 16.5. The average Bonchev–Trinajstić information content (AvgIpc) is 3.18. The van der Waals surface area contributed by atoms with Gasteiger partial charge >= 0.3 is 6.61 Å². The molecular formula is C23H18F4N4O. The zero-order valence-electron chi connectivity index (χ0n) is 16.5. The third-order valence-corrected chi connectivity index (χ3v) is 5.06. The van der Waals surface area contributed by atoms with Gasteiger partial charge in [-0.05, 0) is 48.0 Å². The first-order chi connectivity index (χ1) is 15.4. The molecule has 0 amide bonds. The van der Waals surface area contributed by atoms with Gasteiger partial charge in [0.1, 0.15) is 23.5 Å². The van der Waals surface area contributed by atoms with Crippen LogP contribution in [0.15, 0.2) is 78.2 Å². The summed E-state index contributed by atoms with van der Waals surface area (Å²) in [5.41, 5.74) is 7.55. The van der Waals surface area contributed by atoms with Crippen molar-refractivity contribution in [3.8, 4) is 5.75 Å². The molecule has 0 fully saturated rings. The summed E-state index contributed by atoms with van der Waals surface area (Å²) in [4.78, 5) is 1.84. The van der Waals surface area contributed by atoms with Gasteiger partial charge in [0.15, 0.2) is 0 Å². The standard InChI is InChI=1S/C23H18F4N4O/c24-17-2-1-3-18(25)21(17)22(29)16(10-28)14-6-9-20-30-11-19(31(20)12-14)13-4-7-15(8-5-13)32-23(26)27/h1-12,20,23,28,30H,29H2. The molecule has 0 radical (unpaired) electrons. The number of benzene rings is 2. The Labute approximate surface area is 181 Å². The van der Waals surface area contributed by atoms with Gasteiger partial charge in [-0.15, -0.1) is 0 Å². The summed E-state index contributed by atoms with van der Waals surface area (Å²) >= 11 is 0. The van der Waals surface area contributed by atoms with Gasteiger partial charge in [-0.2, -0.15) is 8.78 Å². The van der Waals surface area contributed by atoms with Crippen molar-refractivity contribution in [1.82, 2.24) is 10.2 Å². The van der Waals surface area contributed by atoms with Crippen molar-refractivity contribution in [3.63, 3.8) is 0 Å². The highest BCUT2D eigenvalue weighted by molar-refractivity contribution is 5.95. The molecule has 9 heteroatoms. The summed E-state index contributed by atoms with van der Waals surface area (Å²) in [5.74, 6) is -1.61. The smallest absolute Gasteiger partial charge is 0.387 e. The molecule has 4 N–H and O–H groups in total. The van der Waals surface area contributed by atoms with Crippen LogP contribution in [-0.4, -0.2) is 23.9 Å². The minimum Gasteiger partial charge on any atom is -0.435 e. The van der Waals surface area contributed by atoms with Crippen molar-refractivity contribution in [1.29, 1.82) is 5.41 Å². The maximum absolute atomic E-state index is 14.2. The van der Waals surface area contributed by atoms with E-state index in [1.54, 1.807) is 30.6 Å². The number of halogens is 4. The lowest BCUT2D eigenvalue weighted by molar-refractivity contribution is -0.0498. The van der Waals surface area contributed by atoms with E-state index in [4.69, 9.17) is 11.1 Å². The largest absolute Gasteiger partial charge is 0.435 e. The van der Waals surface area contributed by atoms with Crippen molar-refractivity contribution < 1.29 is 22.3 Å². The van der Waals surface area contributed by atoms with Crippen LogP contribution in [0.4, 0.5) is 17.6 Å². The van der Waals surface area contributed by atoms with E-state index >= 15 is 0 Å². The van der Waals surface area contributed by atoms with E-state index in [1.807, 2.05) is 11.0 Å². The number of ether oxygens (including phenoxy) is 1. The molecule has 0 aromatic heterocycles. The van der Waals surface area contributed by atoms with Crippen LogP contribution in [0.3, 0.4) is 0 Å². The summed E-state index contributed by atoms with van der Waals surface area (Å²) in [6.45, 7) is -2.91. The summed E-state index contributed by atoms with van der Waals surface area (Å²) in [7, 11) is 0. The number of rotatable bonds is 6. The van der Waals surface area contributed by atoms with E-state index in [9.17, 15) is 17.6 Å². The van der Waals surface area contributed by atoms with Crippen molar-refractivity contribution in [2.24, 2.45) is 5.73 Å². The fraction of sp³-hybridized carbons (Fsp3) is 0.0870. The van der Waals surface area contributed by atoms with Crippen molar-refractivity contribution in [2.75, 3.05) is 0 Å². The number of nitrogens with two attached hydrogens (primary N) is 1. The highest BCUT2D eigenvalue weighted by Gasteiger charge is 2.27. The van der Waals surface area contributed by atoms with Crippen LogP contribution in [0.25, 0.3) is 11.4 Å². The van der Waals surface area contributed by atoms with Crippen LogP contribution in [0.5, 0.6) is 5.75 Å². The van der Waals surface area contributed by atoms with Crippen molar-refractivity contribution >= 4 is 17.6 Å². The molecule has 0 bridgehead atoms. The Morgan fingerprint density at radius 2 is 1.81 bits per heavy atom. The Hall–Kier alpha value is -4.01. The summed E-state index contributed by atoms with van der Waals surface area (Å²) in [5, 5.41) is 11.0. The molecule has 0 saturated carbocycles. The highest BCUT2D eigenvalue weighted by atomic mass is 19.3. The molecule has 4 rings (SSSR count). The number of hydrogen-bond donors (Lipinski definition) is 3. The summed E-state index contributed by atoms with van der Waals surface area (Å²) in [6, 6.07) is 9.57. The lowest BCUT2D eigenvalue weighted by Gasteiger charge is -2.28. The van der Waals surface area contributed by atoms with Crippen molar-refractivity contribution in [3.05, 3.63) is 101 Å². The third-order valence-electron chi connectivity index (χ3n) is 5.06. The fourth-order valence-corrected chi connectivity index (χ4v) is 3.56. The second kappa shape index (κ2) is 8.62. The van der Waals surface area contributed by atoms with Gasteiger partial charge in [-0.3, -0.25) is 0 Å². The van der Waals surface area contributed by atoms with Crippen LogP contribution >= 0.6 is 0 Å². The molecule has 0 saturated heterocycles. The predicted octanol–water partition coefficient (Wildman–Crippen LogP) is 4.57.